The van der Waals surface area contributed by atoms with Crippen LogP contribution in [0.15, 0.2) is 103 Å². The number of H-pyrrole nitrogens is 2. The van der Waals surface area contributed by atoms with Crippen molar-refractivity contribution in [1.82, 2.24) is 40.4 Å². The highest BCUT2D eigenvalue weighted by molar-refractivity contribution is 7.99. The minimum atomic E-state index is -0.691. The fourth-order valence-corrected chi connectivity index (χ4v) is 10.9. The Labute approximate surface area is 395 Å². The van der Waals surface area contributed by atoms with Crippen molar-refractivity contribution in [2.24, 2.45) is 11.8 Å². The molecule has 4 amide bonds. The topological polar surface area (TPSA) is 175 Å². The zero-order chi connectivity index (χ0) is 46.4. The summed E-state index contributed by atoms with van der Waals surface area (Å²) in [6.07, 6.45) is 7.46. The SMILES string of the molecule is COC(=O)NC(C(=O)N1CCC[C@H]1c1ncc(-c2ccc3cc(-c4ccc(-c5cnc([C@@H]6CCCN6C(=O)C(NC(=O)OCc6ccccc6)C6CCSCC6)[nH]5)cc4)ccc3c2)[nH]1)C(C)C. The Morgan fingerprint density at radius 1 is 0.687 bits per heavy atom. The quantitative estimate of drug-likeness (QED) is 0.0880. The molecule has 2 aromatic heterocycles. The maximum absolute atomic E-state index is 14.4. The molecule has 0 aliphatic carbocycles. The van der Waals surface area contributed by atoms with E-state index < -0.39 is 24.3 Å². The van der Waals surface area contributed by atoms with Crippen LogP contribution in [0.5, 0.6) is 0 Å². The summed E-state index contributed by atoms with van der Waals surface area (Å²) in [5.41, 5.74) is 6.80. The highest BCUT2D eigenvalue weighted by atomic mass is 32.2. The van der Waals surface area contributed by atoms with Crippen LogP contribution in [0, 0.1) is 11.8 Å². The van der Waals surface area contributed by atoms with Gasteiger partial charge in [0.05, 0.1) is 43.0 Å². The number of amides is 4. The molecule has 3 aliphatic heterocycles. The van der Waals surface area contributed by atoms with Crippen molar-refractivity contribution in [3.8, 4) is 33.6 Å². The molecule has 0 radical (unpaired) electrons. The van der Waals surface area contributed by atoms with Crippen LogP contribution < -0.4 is 10.6 Å². The molecular formula is C52H58N8O6S. The van der Waals surface area contributed by atoms with Gasteiger partial charge in [0.25, 0.3) is 0 Å². The first kappa shape index (κ1) is 45.5. The number of carbonyl (C=O) groups excluding carboxylic acids is 4. The zero-order valence-electron chi connectivity index (χ0n) is 38.2. The summed E-state index contributed by atoms with van der Waals surface area (Å²) in [5.74, 6) is 3.12. The van der Waals surface area contributed by atoms with E-state index in [0.717, 1.165) is 112 Å². The molecule has 4 N–H and O–H groups in total. The molecule has 3 aliphatic rings. The van der Waals surface area contributed by atoms with Crippen LogP contribution in [0.2, 0.25) is 0 Å². The molecule has 9 rings (SSSR count). The van der Waals surface area contributed by atoms with E-state index >= 15 is 0 Å². The molecule has 3 fully saturated rings. The number of benzene rings is 4. The number of nitrogens with one attached hydrogen (secondary N) is 4. The standard InChI is InChI=1S/C52H58N8O6S/c1-32(2)45(57-51(63)65-3)49(61)59-23-7-11-43(59)48-54-30-42(56-48)40-20-19-38-27-37(17-18-39(38)28-40)34-13-15-35(16-14-34)41-29-53-47(55-41)44-12-8-24-60(44)50(62)46(36-21-25-67-26-22-36)58-52(64)66-31-33-9-5-4-6-10-33/h4-6,9-10,13-20,27-30,32,36,43-46H,7-8,11-12,21-26,31H2,1-3H3,(H,53,55)(H,54,56)(H,57,63)(H,58,64)/t43-,44-,45?,46?/m0/s1. The predicted molar refractivity (Wildman–Crippen MR) is 260 cm³/mol. The van der Waals surface area contributed by atoms with E-state index in [1.165, 1.54) is 7.11 Å². The van der Waals surface area contributed by atoms with Crippen LogP contribution in [-0.2, 0) is 25.7 Å². The normalized spacial score (nSPS) is 18.5. The van der Waals surface area contributed by atoms with Crippen molar-refractivity contribution in [3.63, 3.8) is 0 Å². The number of likely N-dealkylation sites (tertiary alicyclic amines) is 2. The van der Waals surface area contributed by atoms with Crippen molar-refractivity contribution < 1.29 is 28.7 Å². The summed E-state index contributed by atoms with van der Waals surface area (Å²) < 4.78 is 10.4. The number of thioether (sulfide) groups is 1. The molecular weight excluding hydrogens is 865 g/mol. The number of nitrogens with zero attached hydrogens (tertiary/aromatic N) is 4. The fraction of sp³-hybridized carbons (Fsp3) is 0.385. The van der Waals surface area contributed by atoms with Crippen LogP contribution >= 0.6 is 11.8 Å². The number of aromatic amines is 2. The van der Waals surface area contributed by atoms with Gasteiger partial charge in [-0.1, -0.05) is 92.7 Å². The lowest BCUT2D eigenvalue weighted by atomic mass is 9.92. The highest BCUT2D eigenvalue weighted by Crippen LogP contribution is 2.37. The second kappa shape index (κ2) is 20.5. The van der Waals surface area contributed by atoms with Crippen molar-refractivity contribution in [2.45, 2.75) is 83.1 Å². The molecule has 0 bridgehead atoms. The van der Waals surface area contributed by atoms with E-state index in [9.17, 15) is 19.2 Å². The molecule has 15 heteroatoms. The van der Waals surface area contributed by atoms with Gasteiger partial charge in [0.2, 0.25) is 11.8 Å². The maximum atomic E-state index is 14.4. The Kier molecular flexibility index (Phi) is 13.9. The number of hydrogen-bond acceptors (Lipinski definition) is 9. The maximum Gasteiger partial charge on any atom is 0.408 e. The van der Waals surface area contributed by atoms with E-state index in [-0.39, 0.29) is 42.3 Å². The van der Waals surface area contributed by atoms with Gasteiger partial charge in [-0.15, -0.1) is 0 Å². The van der Waals surface area contributed by atoms with Gasteiger partial charge < -0.3 is 39.9 Å². The summed E-state index contributed by atoms with van der Waals surface area (Å²) in [4.78, 5) is 73.4. The second-order valence-corrected chi connectivity index (χ2v) is 19.3. The molecule has 6 aromatic rings. The number of hydrogen-bond donors (Lipinski definition) is 4. The molecule has 4 aromatic carbocycles. The van der Waals surface area contributed by atoms with Gasteiger partial charge in [-0.25, -0.2) is 19.6 Å². The van der Waals surface area contributed by atoms with Gasteiger partial charge in [0, 0.05) is 18.7 Å². The Morgan fingerprint density at radius 3 is 1.88 bits per heavy atom. The van der Waals surface area contributed by atoms with Crippen LogP contribution in [-0.4, -0.2) is 97.5 Å². The number of methoxy groups -OCH3 is 1. The third-order valence-corrected chi connectivity index (χ3v) is 14.5. The Morgan fingerprint density at radius 2 is 1.25 bits per heavy atom. The molecule has 3 saturated heterocycles. The van der Waals surface area contributed by atoms with E-state index in [4.69, 9.17) is 19.4 Å². The molecule has 67 heavy (non-hydrogen) atoms. The highest BCUT2D eigenvalue weighted by Gasteiger charge is 2.41. The smallest absolute Gasteiger partial charge is 0.408 e. The van der Waals surface area contributed by atoms with Crippen molar-refractivity contribution in [3.05, 3.63) is 121 Å². The summed E-state index contributed by atoms with van der Waals surface area (Å²) in [6.45, 7) is 5.15. The third kappa shape index (κ3) is 10.2. The molecule has 4 atom stereocenters. The van der Waals surface area contributed by atoms with E-state index in [0.29, 0.717) is 13.1 Å². The number of alkyl carbamates (subject to hydrolysis) is 2. The molecule has 2 unspecified atom stereocenters. The molecule has 0 saturated carbocycles. The minimum absolute atomic E-state index is 0.0408. The van der Waals surface area contributed by atoms with Gasteiger partial charge in [-0.05, 0) is 107 Å². The number of rotatable bonds is 13. The summed E-state index contributed by atoms with van der Waals surface area (Å²) in [7, 11) is 1.30. The largest absolute Gasteiger partial charge is 0.453 e. The van der Waals surface area contributed by atoms with Crippen molar-refractivity contribution >= 4 is 46.5 Å². The van der Waals surface area contributed by atoms with Gasteiger partial charge in [-0.3, -0.25) is 9.59 Å². The number of carbonyl (C=O) groups is 4. The van der Waals surface area contributed by atoms with Crippen molar-refractivity contribution in [2.75, 3.05) is 31.7 Å². The second-order valence-electron chi connectivity index (χ2n) is 18.1. The number of imidazole rings is 2. The fourth-order valence-electron chi connectivity index (χ4n) is 9.75. The van der Waals surface area contributed by atoms with E-state index in [1.807, 2.05) is 78.1 Å². The molecule has 5 heterocycles. The molecule has 14 nitrogen and oxygen atoms in total. The molecule has 0 spiro atoms. The third-order valence-electron chi connectivity index (χ3n) is 13.5. The number of ether oxygens (including phenoxy) is 2. The predicted octanol–water partition coefficient (Wildman–Crippen LogP) is 9.43. The lowest BCUT2D eigenvalue weighted by Crippen LogP contribution is -2.53. The van der Waals surface area contributed by atoms with Crippen molar-refractivity contribution in [1.29, 1.82) is 0 Å². The Hall–Kier alpha value is -6.61. The summed E-state index contributed by atoms with van der Waals surface area (Å²) in [6, 6.07) is 29.0. The van der Waals surface area contributed by atoms with Gasteiger partial charge in [0.1, 0.15) is 30.3 Å². The van der Waals surface area contributed by atoms with Gasteiger partial charge in [-0.2, -0.15) is 11.8 Å². The van der Waals surface area contributed by atoms with E-state index in [1.54, 1.807) is 0 Å². The number of fused-ring (bicyclic) bond motifs is 1. The first-order chi connectivity index (χ1) is 32.6. The summed E-state index contributed by atoms with van der Waals surface area (Å²) in [5, 5.41) is 7.89. The lowest BCUT2D eigenvalue weighted by Gasteiger charge is -2.34. The monoisotopic (exact) mass is 922 g/mol. The zero-order valence-corrected chi connectivity index (χ0v) is 39.0. The van der Waals surface area contributed by atoms with Gasteiger partial charge in [0.15, 0.2) is 0 Å². The average molecular weight is 923 g/mol. The Balaban J connectivity index is 0.850. The van der Waals surface area contributed by atoms with Crippen LogP contribution in [0.3, 0.4) is 0 Å². The Bertz CT molecular complexity index is 2700. The first-order valence-corrected chi connectivity index (χ1v) is 24.5. The number of aromatic nitrogens is 4. The van der Waals surface area contributed by atoms with E-state index in [2.05, 4.69) is 81.3 Å². The van der Waals surface area contributed by atoms with Crippen LogP contribution in [0.4, 0.5) is 9.59 Å². The lowest BCUT2D eigenvalue weighted by molar-refractivity contribution is -0.136. The minimum Gasteiger partial charge on any atom is -0.453 e. The summed E-state index contributed by atoms with van der Waals surface area (Å²) >= 11 is 1.89. The molecule has 348 valence electrons. The average Bonchev–Trinajstić information content (AvgIpc) is 4.22. The van der Waals surface area contributed by atoms with Crippen LogP contribution in [0.1, 0.15) is 81.7 Å². The van der Waals surface area contributed by atoms with Gasteiger partial charge >= 0.3 is 12.2 Å². The van der Waals surface area contributed by atoms with Crippen LogP contribution in [0.25, 0.3) is 44.4 Å². The first-order valence-electron chi connectivity index (χ1n) is 23.4.